The van der Waals surface area contributed by atoms with Crippen LogP contribution >= 0.6 is 27.5 Å². The molecule has 0 spiro atoms. The van der Waals surface area contributed by atoms with Crippen LogP contribution in [0.1, 0.15) is 19.3 Å². The molecule has 5 nitrogen and oxygen atoms in total. The molecule has 0 radical (unpaired) electrons. The summed E-state index contributed by atoms with van der Waals surface area (Å²) in [5, 5.41) is 14.8. The van der Waals surface area contributed by atoms with E-state index in [0.29, 0.717) is 15.2 Å². The SMILES string of the molecule is O=C(O)CC(NC(=O)Nc1ccc(Cl)c(Br)c1)C1CC1. The van der Waals surface area contributed by atoms with E-state index in [4.69, 9.17) is 16.7 Å². The molecule has 0 aromatic heterocycles. The van der Waals surface area contributed by atoms with Gasteiger partial charge in [0.15, 0.2) is 0 Å². The molecule has 1 aliphatic carbocycles. The molecule has 0 saturated heterocycles. The Hall–Kier alpha value is -1.27. The minimum atomic E-state index is -0.906. The molecule has 1 atom stereocenters. The van der Waals surface area contributed by atoms with E-state index in [1.165, 1.54) is 0 Å². The van der Waals surface area contributed by atoms with E-state index in [0.717, 1.165) is 12.8 Å². The summed E-state index contributed by atoms with van der Waals surface area (Å²) in [5.41, 5.74) is 0.587. The maximum absolute atomic E-state index is 11.9. The Kier molecular flexibility index (Phi) is 4.88. The lowest BCUT2D eigenvalue weighted by molar-refractivity contribution is -0.137. The van der Waals surface area contributed by atoms with Gasteiger partial charge in [0.1, 0.15) is 0 Å². The summed E-state index contributed by atoms with van der Waals surface area (Å²) >= 11 is 9.14. The van der Waals surface area contributed by atoms with Crippen LogP contribution in [-0.2, 0) is 4.79 Å². The van der Waals surface area contributed by atoms with E-state index in [9.17, 15) is 9.59 Å². The zero-order chi connectivity index (χ0) is 14.7. The fourth-order valence-electron chi connectivity index (χ4n) is 1.93. The second kappa shape index (κ2) is 6.45. The van der Waals surface area contributed by atoms with Crippen molar-refractivity contribution in [2.75, 3.05) is 5.32 Å². The van der Waals surface area contributed by atoms with Crippen LogP contribution in [-0.4, -0.2) is 23.1 Å². The van der Waals surface area contributed by atoms with E-state index in [1.54, 1.807) is 18.2 Å². The number of benzene rings is 1. The Bertz CT molecular complexity index is 534. The lowest BCUT2D eigenvalue weighted by Gasteiger charge is -2.16. The first-order valence-corrected chi connectivity index (χ1v) is 7.37. The number of carbonyl (C=O) groups is 2. The highest BCUT2D eigenvalue weighted by molar-refractivity contribution is 9.10. The fourth-order valence-corrected chi connectivity index (χ4v) is 2.43. The smallest absolute Gasteiger partial charge is 0.319 e. The van der Waals surface area contributed by atoms with Gasteiger partial charge >= 0.3 is 12.0 Å². The molecule has 1 unspecified atom stereocenters. The van der Waals surface area contributed by atoms with E-state index < -0.39 is 12.0 Å². The molecule has 1 fully saturated rings. The van der Waals surface area contributed by atoms with Crippen molar-refractivity contribution in [3.63, 3.8) is 0 Å². The topological polar surface area (TPSA) is 78.4 Å². The molecular formula is C13H14BrClN2O3. The first kappa shape index (κ1) is 15.1. The zero-order valence-electron chi connectivity index (χ0n) is 10.5. The number of nitrogens with one attached hydrogen (secondary N) is 2. The minimum absolute atomic E-state index is 0.0532. The summed E-state index contributed by atoms with van der Waals surface area (Å²) in [6.45, 7) is 0. The van der Waals surface area contributed by atoms with Crippen LogP contribution in [0.25, 0.3) is 0 Å². The lowest BCUT2D eigenvalue weighted by Crippen LogP contribution is -2.40. The van der Waals surface area contributed by atoms with Gasteiger partial charge in [-0.2, -0.15) is 0 Å². The molecule has 1 aliphatic rings. The molecule has 0 heterocycles. The molecule has 1 aromatic carbocycles. The number of carboxylic acid groups (broad SMARTS) is 1. The van der Waals surface area contributed by atoms with Crippen LogP contribution in [0.4, 0.5) is 10.5 Å². The number of amides is 2. The number of halogens is 2. The summed E-state index contributed by atoms with van der Waals surface area (Å²) in [6.07, 6.45) is 1.87. The van der Waals surface area contributed by atoms with Gasteiger partial charge in [0.2, 0.25) is 0 Å². The summed E-state index contributed by atoms with van der Waals surface area (Å²) in [7, 11) is 0. The number of carboxylic acids is 1. The van der Waals surface area contributed by atoms with Gasteiger partial charge < -0.3 is 15.7 Å². The third-order valence-electron chi connectivity index (χ3n) is 3.08. The van der Waals surface area contributed by atoms with Crippen molar-refractivity contribution in [2.24, 2.45) is 5.92 Å². The van der Waals surface area contributed by atoms with Gasteiger partial charge in [0.05, 0.1) is 11.4 Å². The van der Waals surface area contributed by atoms with Crippen molar-refractivity contribution < 1.29 is 14.7 Å². The van der Waals surface area contributed by atoms with Gasteiger partial charge in [0.25, 0.3) is 0 Å². The first-order chi connectivity index (χ1) is 9.45. The predicted molar refractivity (Wildman–Crippen MR) is 80.1 cm³/mol. The molecule has 1 saturated carbocycles. The Morgan fingerprint density at radius 2 is 2.15 bits per heavy atom. The molecular weight excluding hydrogens is 348 g/mol. The summed E-state index contributed by atoms with van der Waals surface area (Å²) < 4.78 is 0.682. The summed E-state index contributed by atoms with van der Waals surface area (Å²) in [6, 6.07) is 4.30. The van der Waals surface area contributed by atoms with Crippen molar-refractivity contribution in [2.45, 2.75) is 25.3 Å². The van der Waals surface area contributed by atoms with Gasteiger partial charge in [0, 0.05) is 16.2 Å². The van der Waals surface area contributed by atoms with Crippen LogP contribution < -0.4 is 10.6 Å². The highest BCUT2D eigenvalue weighted by Gasteiger charge is 2.33. The van der Waals surface area contributed by atoms with Crippen LogP contribution in [0.5, 0.6) is 0 Å². The number of anilines is 1. The number of urea groups is 1. The molecule has 3 N–H and O–H groups in total. The average Bonchev–Trinajstić information content (AvgIpc) is 3.16. The lowest BCUT2D eigenvalue weighted by atomic mass is 10.1. The Labute approximate surface area is 129 Å². The Balaban J connectivity index is 1.93. The van der Waals surface area contributed by atoms with Crippen molar-refractivity contribution in [3.05, 3.63) is 27.7 Å². The molecule has 0 bridgehead atoms. The van der Waals surface area contributed by atoms with Crippen molar-refractivity contribution in [1.29, 1.82) is 0 Å². The molecule has 20 heavy (non-hydrogen) atoms. The largest absolute Gasteiger partial charge is 0.481 e. The van der Waals surface area contributed by atoms with Crippen molar-refractivity contribution >= 4 is 45.2 Å². The fraction of sp³-hybridized carbons (Fsp3) is 0.385. The monoisotopic (exact) mass is 360 g/mol. The molecule has 108 valence electrons. The van der Waals surface area contributed by atoms with Gasteiger partial charge in [-0.25, -0.2) is 4.79 Å². The van der Waals surface area contributed by atoms with Crippen LogP contribution in [0.2, 0.25) is 5.02 Å². The average molecular weight is 362 g/mol. The normalized spacial score (nSPS) is 15.5. The van der Waals surface area contributed by atoms with Crippen molar-refractivity contribution in [1.82, 2.24) is 5.32 Å². The van der Waals surface area contributed by atoms with E-state index in [-0.39, 0.29) is 18.4 Å². The van der Waals surface area contributed by atoms with E-state index in [2.05, 4.69) is 26.6 Å². The van der Waals surface area contributed by atoms with Gasteiger partial charge in [-0.15, -0.1) is 0 Å². The van der Waals surface area contributed by atoms with E-state index >= 15 is 0 Å². The van der Waals surface area contributed by atoms with Gasteiger partial charge in [-0.05, 0) is 52.9 Å². The number of hydrogen-bond donors (Lipinski definition) is 3. The minimum Gasteiger partial charge on any atom is -0.481 e. The zero-order valence-corrected chi connectivity index (χ0v) is 12.9. The third-order valence-corrected chi connectivity index (χ3v) is 4.29. The standard InChI is InChI=1S/C13H14BrClN2O3/c14-9-5-8(3-4-10(9)15)16-13(20)17-11(6-12(18)19)7-1-2-7/h3-5,7,11H,1-2,6H2,(H,18,19)(H2,16,17,20). The van der Waals surface area contributed by atoms with Crippen molar-refractivity contribution in [3.8, 4) is 0 Å². The quantitative estimate of drug-likeness (QED) is 0.751. The Morgan fingerprint density at radius 3 is 2.70 bits per heavy atom. The molecule has 7 heteroatoms. The second-order valence-corrected chi connectivity index (χ2v) is 6.03. The molecule has 0 aliphatic heterocycles. The number of carbonyl (C=O) groups excluding carboxylic acids is 1. The third kappa shape index (κ3) is 4.38. The highest BCUT2D eigenvalue weighted by Crippen LogP contribution is 2.34. The van der Waals surface area contributed by atoms with Crippen LogP contribution in [0.3, 0.4) is 0 Å². The maximum Gasteiger partial charge on any atom is 0.319 e. The predicted octanol–water partition coefficient (Wildman–Crippen LogP) is 3.48. The number of hydrogen-bond acceptors (Lipinski definition) is 2. The second-order valence-electron chi connectivity index (χ2n) is 4.77. The molecule has 2 amide bonds. The first-order valence-electron chi connectivity index (χ1n) is 6.20. The Morgan fingerprint density at radius 1 is 1.45 bits per heavy atom. The van der Waals surface area contributed by atoms with Gasteiger partial charge in [-0.3, -0.25) is 4.79 Å². The summed E-state index contributed by atoms with van der Waals surface area (Å²) in [5.74, 6) is -0.634. The highest BCUT2D eigenvalue weighted by atomic mass is 79.9. The van der Waals surface area contributed by atoms with E-state index in [1.807, 2.05) is 0 Å². The summed E-state index contributed by atoms with van der Waals surface area (Å²) in [4.78, 5) is 22.6. The number of rotatable bonds is 5. The van der Waals surface area contributed by atoms with Crippen LogP contribution in [0, 0.1) is 5.92 Å². The van der Waals surface area contributed by atoms with Gasteiger partial charge in [-0.1, -0.05) is 11.6 Å². The molecule has 2 rings (SSSR count). The molecule has 1 aromatic rings. The maximum atomic E-state index is 11.9. The van der Waals surface area contributed by atoms with Crippen LogP contribution in [0.15, 0.2) is 22.7 Å². The number of aliphatic carboxylic acids is 1.